The van der Waals surface area contributed by atoms with Gasteiger partial charge in [-0.1, -0.05) is 31.7 Å². The first-order valence-electron chi connectivity index (χ1n) is 8.14. The number of rotatable bonds is 6. The van der Waals surface area contributed by atoms with Gasteiger partial charge in [0.2, 0.25) is 0 Å². The van der Waals surface area contributed by atoms with E-state index >= 15 is 0 Å². The summed E-state index contributed by atoms with van der Waals surface area (Å²) in [6, 6.07) is 4.05. The van der Waals surface area contributed by atoms with Crippen LogP contribution in [0.1, 0.15) is 49.8 Å². The van der Waals surface area contributed by atoms with Crippen LogP contribution in [-0.4, -0.2) is 24.5 Å². The Morgan fingerprint density at radius 3 is 2.86 bits per heavy atom. The van der Waals surface area contributed by atoms with E-state index < -0.39 is 0 Å². The first-order chi connectivity index (χ1) is 10.3. The van der Waals surface area contributed by atoms with Crippen LogP contribution in [0.5, 0.6) is 0 Å². The van der Waals surface area contributed by atoms with Gasteiger partial charge >= 0.3 is 0 Å². The summed E-state index contributed by atoms with van der Waals surface area (Å²) in [5.74, 6) is 1.84. The lowest BCUT2D eigenvalue weighted by Gasteiger charge is -2.13. The van der Waals surface area contributed by atoms with Gasteiger partial charge in [-0.15, -0.1) is 0 Å². The average molecular weight is 288 g/mol. The van der Waals surface area contributed by atoms with Gasteiger partial charge in [0.15, 0.2) is 5.96 Å². The highest BCUT2D eigenvalue weighted by atomic mass is 15.2. The molecule has 0 aliphatic heterocycles. The van der Waals surface area contributed by atoms with Crippen LogP contribution < -0.4 is 10.6 Å². The highest BCUT2D eigenvalue weighted by molar-refractivity contribution is 5.79. The molecule has 1 aromatic heterocycles. The summed E-state index contributed by atoms with van der Waals surface area (Å²) in [5, 5.41) is 6.73. The molecule has 2 N–H and O–H groups in total. The Bertz CT molecular complexity index is 450. The van der Waals surface area contributed by atoms with E-state index in [1.807, 2.05) is 19.3 Å². The number of hydrogen-bond acceptors (Lipinski definition) is 2. The van der Waals surface area contributed by atoms with Crippen LogP contribution in [0.3, 0.4) is 0 Å². The lowest BCUT2D eigenvalue weighted by molar-refractivity contribution is 0.481. The van der Waals surface area contributed by atoms with E-state index in [0.717, 1.165) is 30.7 Å². The van der Waals surface area contributed by atoms with E-state index in [-0.39, 0.29) is 0 Å². The van der Waals surface area contributed by atoms with Crippen molar-refractivity contribution in [2.75, 3.05) is 13.6 Å². The maximum atomic E-state index is 4.39. The summed E-state index contributed by atoms with van der Waals surface area (Å²) in [5.41, 5.74) is 2.29. The van der Waals surface area contributed by atoms with Crippen molar-refractivity contribution < 1.29 is 0 Å². The van der Waals surface area contributed by atoms with Crippen LogP contribution in [0, 0.1) is 12.8 Å². The Hall–Kier alpha value is -1.58. The van der Waals surface area contributed by atoms with Crippen molar-refractivity contribution in [1.29, 1.82) is 0 Å². The van der Waals surface area contributed by atoms with Crippen LogP contribution in [0.2, 0.25) is 0 Å². The first-order valence-corrected chi connectivity index (χ1v) is 8.14. The van der Waals surface area contributed by atoms with Crippen molar-refractivity contribution in [3.05, 3.63) is 29.6 Å². The molecule has 1 fully saturated rings. The third kappa shape index (κ3) is 5.37. The summed E-state index contributed by atoms with van der Waals surface area (Å²) in [7, 11) is 1.82. The minimum absolute atomic E-state index is 0.717. The highest BCUT2D eigenvalue weighted by Crippen LogP contribution is 2.28. The fourth-order valence-electron chi connectivity index (χ4n) is 2.99. The van der Waals surface area contributed by atoms with Gasteiger partial charge in [0.05, 0.1) is 12.2 Å². The second-order valence-corrected chi connectivity index (χ2v) is 5.91. The standard InChI is InChI=1S/C17H28N4/c1-14-7-5-11-19-16(14)13-21-17(18-2)20-12-6-10-15-8-3-4-9-15/h5,7,11,15H,3-4,6,8-10,12-13H2,1-2H3,(H2,18,20,21). The van der Waals surface area contributed by atoms with Crippen molar-refractivity contribution in [3.63, 3.8) is 0 Å². The molecule has 1 saturated carbocycles. The molecule has 0 spiro atoms. The Kier molecular flexibility index (Phi) is 6.51. The van der Waals surface area contributed by atoms with Crippen LogP contribution in [0.25, 0.3) is 0 Å². The van der Waals surface area contributed by atoms with Crippen molar-refractivity contribution in [3.8, 4) is 0 Å². The van der Waals surface area contributed by atoms with Gasteiger partial charge in [-0.25, -0.2) is 0 Å². The number of nitrogens with zero attached hydrogens (tertiary/aromatic N) is 2. The fourth-order valence-corrected chi connectivity index (χ4v) is 2.99. The zero-order chi connectivity index (χ0) is 14.9. The van der Waals surface area contributed by atoms with Crippen LogP contribution >= 0.6 is 0 Å². The zero-order valence-electron chi connectivity index (χ0n) is 13.4. The van der Waals surface area contributed by atoms with Crippen molar-refractivity contribution >= 4 is 5.96 Å². The van der Waals surface area contributed by atoms with E-state index in [9.17, 15) is 0 Å². The molecule has 1 aromatic rings. The van der Waals surface area contributed by atoms with Crippen molar-refractivity contribution in [1.82, 2.24) is 15.6 Å². The van der Waals surface area contributed by atoms with Crippen LogP contribution in [0.15, 0.2) is 23.3 Å². The minimum Gasteiger partial charge on any atom is -0.356 e. The molecule has 2 rings (SSSR count). The Morgan fingerprint density at radius 1 is 1.33 bits per heavy atom. The average Bonchev–Trinajstić information content (AvgIpc) is 3.01. The molecule has 4 nitrogen and oxygen atoms in total. The van der Waals surface area contributed by atoms with Gasteiger partial charge in [0.1, 0.15) is 0 Å². The van der Waals surface area contributed by atoms with E-state index in [2.05, 4.69) is 33.6 Å². The number of pyridine rings is 1. The highest BCUT2D eigenvalue weighted by Gasteiger charge is 2.13. The van der Waals surface area contributed by atoms with Crippen LogP contribution in [0.4, 0.5) is 0 Å². The molecule has 4 heteroatoms. The fraction of sp³-hybridized carbons (Fsp3) is 0.647. The topological polar surface area (TPSA) is 49.3 Å². The smallest absolute Gasteiger partial charge is 0.191 e. The van der Waals surface area contributed by atoms with Crippen LogP contribution in [-0.2, 0) is 6.54 Å². The van der Waals surface area contributed by atoms with E-state index in [1.165, 1.54) is 44.1 Å². The number of aromatic nitrogens is 1. The molecule has 116 valence electrons. The SMILES string of the molecule is CN=C(NCCCC1CCCC1)NCc1ncccc1C. The Labute approximate surface area is 128 Å². The maximum Gasteiger partial charge on any atom is 0.191 e. The molecular weight excluding hydrogens is 260 g/mol. The Balaban J connectivity index is 1.65. The molecular formula is C17H28N4. The molecule has 0 aromatic carbocycles. The number of nitrogens with one attached hydrogen (secondary N) is 2. The lowest BCUT2D eigenvalue weighted by Crippen LogP contribution is -2.37. The predicted molar refractivity (Wildman–Crippen MR) is 88.4 cm³/mol. The van der Waals surface area contributed by atoms with Crippen molar-refractivity contribution in [2.24, 2.45) is 10.9 Å². The normalized spacial score (nSPS) is 16.2. The molecule has 1 heterocycles. The molecule has 21 heavy (non-hydrogen) atoms. The maximum absolute atomic E-state index is 4.39. The van der Waals surface area contributed by atoms with E-state index in [0.29, 0.717) is 0 Å². The monoisotopic (exact) mass is 288 g/mol. The van der Waals surface area contributed by atoms with Gasteiger partial charge < -0.3 is 10.6 Å². The summed E-state index contributed by atoms with van der Waals surface area (Å²) in [4.78, 5) is 8.66. The molecule has 0 atom stereocenters. The van der Waals surface area contributed by atoms with Crippen molar-refractivity contribution in [2.45, 2.75) is 52.0 Å². The molecule has 0 radical (unpaired) electrons. The number of hydrogen-bond donors (Lipinski definition) is 2. The zero-order valence-corrected chi connectivity index (χ0v) is 13.4. The molecule has 0 amide bonds. The predicted octanol–water partition coefficient (Wildman–Crippen LogP) is 3.03. The van der Waals surface area contributed by atoms with Gasteiger partial charge in [0, 0.05) is 19.8 Å². The second-order valence-electron chi connectivity index (χ2n) is 5.91. The number of guanidine groups is 1. The van der Waals surface area contributed by atoms with Gasteiger partial charge in [-0.3, -0.25) is 9.98 Å². The molecule has 0 bridgehead atoms. The van der Waals surface area contributed by atoms with Gasteiger partial charge in [-0.2, -0.15) is 0 Å². The quantitative estimate of drug-likeness (QED) is 0.480. The third-order valence-electron chi connectivity index (χ3n) is 4.32. The summed E-state index contributed by atoms with van der Waals surface area (Å²) >= 11 is 0. The third-order valence-corrected chi connectivity index (χ3v) is 4.32. The first kappa shape index (κ1) is 15.8. The molecule has 0 saturated heterocycles. The minimum atomic E-state index is 0.717. The lowest BCUT2D eigenvalue weighted by atomic mass is 10.0. The summed E-state index contributed by atoms with van der Waals surface area (Å²) in [6.45, 7) is 3.80. The molecule has 1 aliphatic carbocycles. The number of aliphatic imine (C=N–C) groups is 1. The van der Waals surface area contributed by atoms with E-state index in [4.69, 9.17) is 0 Å². The second kappa shape index (κ2) is 8.65. The van der Waals surface area contributed by atoms with Gasteiger partial charge in [0.25, 0.3) is 0 Å². The van der Waals surface area contributed by atoms with E-state index in [1.54, 1.807) is 0 Å². The molecule has 1 aliphatic rings. The summed E-state index contributed by atoms with van der Waals surface area (Å²) < 4.78 is 0. The Morgan fingerprint density at radius 2 is 2.14 bits per heavy atom. The largest absolute Gasteiger partial charge is 0.356 e. The van der Waals surface area contributed by atoms with Gasteiger partial charge in [-0.05, 0) is 37.3 Å². The summed E-state index contributed by atoms with van der Waals surface area (Å²) in [6.07, 6.45) is 10.2. The number of aryl methyl sites for hydroxylation is 1. The molecule has 0 unspecified atom stereocenters.